The molecule has 0 radical (unpaired) electrons. The molecule has 3 rings (SSSR count). The van der Waals surface area contributed by atoms with Crippen LogP contribution in [-0.4, -0.2) is 9.55 Å². The smallest absolute Gasteiger partial charge is 0.190 e. The second-order valence-electron chi connectivity index (χ2n) is 4.14. The summed E-state index contributed by atoms with van der Waals surface area (Å²) in [6.07, 6.45) is 3.70. The third-order valence-corrected chi connectivity index (χ3v) is 2.97. The Balaban J connectivity index is 2.24. The van der Waals surface area contributed by atoms with Gasteiger partial charge >= 0.3 is 0 Å². The third kappa shape index (κ3) is 2.00. The molecule has 2 aromatic carbocycles. The largest absolute Gasteiger partial charge is 0.235 e. The van der Waals surface area contributed by atoms with Crippen LogP contribution in [0, 0.1) is 11.5 Å². The lowest BCUT2D eigenvalue weighted by atomic mass is 10.1. The molecule has 0 aliphatic heterocycles. The van der Waals surface area contributed by atoms with Gasteiger partial charge in [0.2, 0.25) is 0 Å². The molecule has 3 nitrogen and oxygen atoms in total. The highest BCUT2D eigenvalue weighted by atomic mass is 15.1. The van der Waals surface area contributed by atoms with Crippen molar-refractivity contribution in [3.63, 3.8) is 0 Å². The predicted molar refractivity (Wildman–Crippen MR) is 74.1 cm³/mol. The van der Waals surface area contributed by atoms with Gasteiger partial charge in [-0.2, -0.15) is 5.26 Å². The highest BCUT2D eigenvalue weighted by molar-refractivity contribution is 5.79. The summed E-state index contributed by atoms with van der Waals surface area (Å²) in [6, 6.07) is 19.7. The van der Waals surface area contributed by atoms with Gasteiger partial charge < -0.3 is 0 Å². The monoisotopic (exact) mass is 245 g/mol. The van der Waals surface area contributed by atoms with Crippen LogP contribution in [0.3, 0.4) is 0 Å². The van der Waals surface area contributed by atoms with Gasteiger partial charge in [0, 0.05) is 11.1 Å². The second-order valence-corrected chi connectivity index (χ2v) is 4.14. The van der Waals surface area contributed by atoms with E-state index in [9.17, 15) is 5.26 Å². The molecule has 0 aliphatic rings. The predicted octanol–water partition coefficient (Wildman–Crippen LogP) is 3.55. The molecule has 0 amide bonds. The molecular formula is C16H11N3. The Labute approximate surface area is 111 Å². The van der Waals surface area contributed by atoms with Crippen molar-refractivity contribution in [3.05, 3.63) is 67.0 Å². The van der Waals surface area contributed by atoms with Crippen LogP contribution in [0.1, 0.15) is 0 Å². The lowest BCUT2D eigenvalue weighted by Crippen LogP contribution is -1.91. The minimum atomic E-state index is 0.827. The van der Waals surface area contributed by atoms with Crippen molar-refractivity contribution in [1.29, 1.82) is 5.26 Å². The molecule has 0 N–H and O–H groups in total. The summed E-state index contributed by atoms with van der Waals surface area (Å²) in [5, 5.41) is 9.21. The number of hydrogen-bond donors (Lipinski definition) is 0. The van der Waals surface area contributed by atoms with Crippen LogP contribution in [0.2, 0.25) is 0 Å². The van der Waals surface area contributed by atoms with Gasteiger partial charge in [-0.05, 0) is 0 Å². The fourth-order valence-corrected chi connectivity index (χ4v) is 2.10. The maximum atomic E-state index is 9.21. The molecule has 0 saturated heterocycles. The average molecular weight is 245 g/mol. The molecule has 19 heavy (non-hydrogen) atoms. The van der Waals surface area contributed by atoms with Crippen molar-refractivity contribution in [2.75, 3.05) is 0 Å². The van der Waals surface area contributed by atoms with Crippen molar-refractivity contribution in [2.45, 2.75) is 0 Å². The van der Waals surface area contributed by atoms with E-state index in [4.69, 9.17) is 0 Å². The summed E-state index contributed by atoms with van der Waals surface area (Å²) >= 11 is 0. The maximum absolute atomic E-state index is 9.21. The summed E-state index contributed by atoms with van der Waals surface area (Å²) in [6.45, 7) is 0. The number of nitrogens with zero attached hydrogens (tertiary/aromatic N) is 3. The zero-order valence-electron chi connectivity index (χ0n) is 10.2. The molecule has 1 aromatic heterocycles. The van der Waals surface area contributed by atoms with Gasteiger partial charge in [0.15, 0.2) is 6.19 Å². The van der Waals surface area contributed by atoms with Gasteiger partial charge in [-0.15, -0.1) is 0 Å². The van der Waals surface area contributed by atoms with Gasteiger partial charge in [0.05, 0.1) is 11.4 Å². The van der Waals surface area contributed by atoms with Crippen LogP contribution in [0.4, 0.5) is 0 Å². The number of benzene rings is 2. The molecular weight excluding hydrogens is 234 g/mol. The zero-order chi connectivity index (χ0) is 13.1. The average Bonchev–Trinajstić information content (AvgIpc) is 2.93. The standard InChI is InChI=1S/C16H11N3/c17-11-19-12-18-15(13-7-3-1-4-8-13)16(19)14-9-5-2-6-10-14/h1-10,12H. The Hall–Kier alpha value is -2.86. The van der Waals surface area contributed by atoms with E-state index in [-0.39, 0.29) is 0 Å². The molecule has 0 bridgehead atoms. The summed E-state index contributed by atoms with van der Waals surface area (Å²) in [5.74, 6) is 0. The van der Waals surface area contributed by atoms with Gasteiger partial charge in [-0.25, -0.2) is 9.55 Å². The first-order valence-electron chi connectivity index (χ1n) is 5.98. The molecule has 0 saturated carbocycles. The first-order valence-corrected chi connectivity index (χ1v) is 5.98. The van der Waals surface area contributed by atoms with Crippen LogP contribution in [0.25, 0.3) is 22.5 Å². The van der Waals surface area contributed by atoms with E-state index in [1.165, 1.54) is 4.57 Å². The third-order valence-electron chi connectivity index (χ3n) is 2.97. The Morgan fingerprint density at radius 3 is 2.00 bits per heavy atom. The van der Waals surface area contributed by atoms with Gasteiger partial charge in [-0.1, -0.05) is 60.7 Å². The van der Waals surface area contributed by atoms with Crippen molar-refractivity contribution < 1.29 is 0 Å². The Morgan fingerprint density at radius 2 is 1.42 bits per heavy atom. The lowest BCUT2D eigenvalue weighted by molar-refractivity contribution is 1.08. The molecule has 1 heterocycles. The fraction of sp³-hybridized carbons (Fsp3) is 0. The number of aromatic nitrogens is 2. The first kappa shape index (κ1) is 11.2. The van der Waals surface area contributed by atoms with Crippen LogP contribution in [0.5, 0.6) is 0 Å². The molecule has 0 aliphatic carbocycles. The van der Waals surface area contributed by atoms with Gasteiger partial charge in [-0.3, -0.25) is 0 Å². The normalized spacial score (nSPS) is 10.1. The fourth-order valence-electron chi connectivity index (χ4n) is 2.10. The van der Waals surface area contributed by atoms with E-state index in [0.717, 1.165) is 22.5 Å². The van der Waals surface area contributed by atoms with E-state index in [0.29, 0.717) is 0 Å². The second kappa shape index (κ2) is 4.79. The van der Waals surface area contributed by atoms with E-state index in [2.05, 4.69) is 11.2 Å². The molecule has 3 heteroatoms. The lowest BCUT2D eigenvalue weighted by Gasteiger charge is -2.04. The Kier molecular flexibility index (Phi) is 2.83. The summed E-state index contributed by atoms with van der Waals surface area (Å²) in [7, 11) is 0. The topological polar surface area (TPSA) is 41.6 Å². The molecule has 0 spiro atoms. The van der Waals surface area contributed by atoms with Crippen LogP contribution in [0.15, 0.2) is 67.0 Å². The summed E-state index contributed by atoms with van der Waals surface area (Å²) < 4.78 is 1.50. The molecule has 90 valence electrons. The Bertz CT molecular complexity index is 722. The molecule has 0 fully saturated rings. The van der Waals surface area contributed by atoms with E-state index < -0.39 is 0 Å². The van der Waals surface area contributed by atoms with Gasteiger partial charge in [0.1, 0.15) is 6.33 Å². The first-order chi connectivity index (χ1) is 9.40. The minimum Gasteiger partial charge on any atom is -0.235 e. The number of hydrogen-bond acceptors (Lipinski definition) is 2. The Morgan fingerprint density at radius 1 is 0.842 bits per heavy atom. The number of imidazole rings is 1. The van der Waals surface area contributed by atoms with E-state index in [1.807, 2.05) is 60.7 Å². The molecule has 0 unspecified atom stereocenters. The van der Waals surface area contributed by atoms with Crippen molar-refractivity contribution >= 4 is 0 Å². The molecule has 3 aromatic rings. The summed E-state index contributed by atoms with van der Waals surface area (Å²) in [4.78, 5) is 4.37. The SMILES string of the molecule is N#Cn1cnc(-c2ccccc2)c1-c1ccccc1. The van der Waals surface area contributed by atoms with Crippen LogP contribution >= 0.6 is 0 Å². The number of rotatable bonds is 2. The van der Waals surface area contributed by atoms with Crippen molar-refractivity contribution in [3.8, 4) is 28.7 Å². The quantitative estimate of drug-likeness (QED) is 0.692. The maximum Gasteiger partial charge on any atom is 0.190 e. The van der Waals surface area contributed by atoms with E-state index in [1.54, 1.807) is 6.33 Å². The summed E-state index contributed by atoms with van der Waals surface area (Å²) in [5.41, 5.74) is 3.65. The van der Waals surface area contributed by atoms with Gasteiger partial charge in [0.25, 0.3) is 0 Å². The van der Waals surface area contributed by atoms with Crippen LogP contribution < -0.4 is 0 Å². The van der Waals surface area contributed by atoms with E-state index >= 15 is 0 Å². The van der Waals surface area contributed by atoms with Crippen LogP contribution in [-0.2, 0) is 0 Å². The highest BCUT2D eigenvalue weighted by Crippen LogP contribution is 2.30. The zero-order valence-corrected chi connectivity index (χ0v) is 10.2. The van der Waals surface area contributed by atoms with Crippen molar-refractivity contribution in [2.24, 2.45) is 0 Å². The number of nitriles is 1. The minimum absolute atomic E-state index is 0.827. The highest BCUT2D eigenvalue weighted by Gasteiger charge is 2.14. The molecule has 0 atom stereocenters. The van der Waals surface area contributed by atoms with Crippen molar-refractivity contribution in [1.82, 2.24) is 9.55 Å².